The molecule has 0 aliphatic carbocycles. The van der Waals surface area contributed by atoms with E-state index in [-0.39, 0.29) is 54.4 Å². The molecule has 3 amide bonds. The fourth-order valence-electron chi connectivity index (χ4n) is 3.77. The second kappa shape index (κ2) is 12.5. The summed E-state index contributed by atoms with van der Waals surface area (Å²) >= 11 is 0. The molecule has 0 spiro atoms. The summed E-state index contributed by atoms with van der Waals surface area (Å²) in [5, 5.41) is 38.5. The fourth-order valence-corrected chi connectivity index (χ4v) is 3.77. The van der Waals surface area contributed by atoms with Crippen LogP contribution >= 0.6 is 0 Å². The van der Waals surface area contributed by atoms with Crippen molar-refractivity contribution in [2.75, 3.05) is 18.5 Å². The third-order valence-corrected chi connectivity index (χ3v) is 5.79. The quantitative estimate of drug-likeness (QED) is 0.228. The number of nitrogens with one attached hydrogen (secondary N) is 3. The first-order valence-corrected chi connectivity index (χ1v) is 11.7. The van der Waals surface area contributed by atoms with Gasteiger partial charge in [-0.15, -0.1) is 0 Å². The number of β-amino-alcohol motifs (C(OH)–C–C–N with tert-alkyl or cyclic N) is 1. The molecule has 9 heteroatoms. The van der Waals surface area contributed by atoms with Gasteiger partial charge in [-0.3, -0.25) is 4.79 Å². The lowest BCUT2D eigenvalue weighted by atomic mass is 9.93. The van der Waals surface area contributed by atoms with Crippen LogP contribution in [0.2, 0.25) is 0 Å². The van der Waals surface area contributed by atoms with Gasteiger partial charge in [0.15, 0.2) is 0 Å². The highest BCUT2D eigenvalue weighted by molar-refractivity contribution is 5.89. The maximum absolute atomic E-state index is 12.4. The van der Waals surface area contributed by atoms with Gasteiger partial charge in [0.05, 0.1) is 30.9 Å². The van der Waals surface area contributed by atoms with Crippen molar-refractivity contribution in [1.82, 2.24) is 10.6 Å². The summed E-state index contributed by atoms with van der Waals surface area (Å²) in [7, 11) is 0. The van der Waals surface area contributed by atoms with Gasteiger partial charge in [-0.1, -0.05) is 44.2 Å². The van der Waals surface area contributed by atoms with Crippen molar-refractivity contribution in [3.8, 4) is 5.75 Å². The molecule has 0 bridgehead atoms. The van der Waals surface area contributed by atoms with E-state index in [0.29, 0.717) is 12.0 Å². The van der Waals surface area contributed by atoms with Crippen LogP contribution in [0, 0.1) is 5.92 Å². The normalized spacial score (nSPS) is 13.3. The van der Waals surface area contributed by atoms with Crippen LogP contribution in [-0.2, 0) is 17.6 Å². The number of phenols is 1. The Hall–Kier alpha value is -3.14. The average Bonchev–Trinajstić information content (AvgIpc) is 2.76. The van der Waals surface area contributed by atoms with Crippen LogP contribution in [0.5, 0.6) is 5.75 Å². The molecule has 35 heavy (non-hydrogen) atoms. The van der Waals surface area contributed by atoms with Gasteiger partial charge >= 0.3 is 6.03 Å². The molecule has 0 heterocycles. The van der Waals surface area contributed by atoms with Crippen LogP contribution in [0.3, 0.4) is 0 Å². The molecule has 0 aliphatic heterocycles. The molecule has 192 valence electrons. The number of rotatable bonds is 12. The standard InChI is InChI=1S/C26H38N4O5/c1-16(2)21(15-31)29-24(34)11-17-6-5-7-18(10-17)13-26(3,4)28-14-23(33)19-8-9-22(32)20(12-19)30-25(27)35/h5-10,12,16,21,23,28,31-33H,11,13-15H2,1-4H3,(H,29,34)(H3,27,30,35)/t21-,23+/m1/s1. The number of urea groups is 1. The zero-order chi connectivity index (χ0) is 26.2. The van der Waals surface area contributed by atoms with Crippen LogP contribution in [-0.4, -0.2) is 52.0 Å². The van der Waals surface area contributed by atoms with E-state index in [1.165, 1.54) is 12.1 Å². The molecule has 0 unspecified atom stereocenters. The first kappa shape index (κ1) is 28.1. The van der Waals surface area contributed by atoms with E-state index in [0.717, 1.165) is 11.1 Å². The molecular formula is C26H38N4O5. The second-order valence-corrected chi connectivity index (χ2v) is 9.82. The number of carbonyl (C=O) groups excluding carboxylic acids is 2. The summed E-state index contributed by atoms with van der Waals surface area (Å²) in [6.07, 6.45) is 0.00942. The number of amides is 3. The van der Waals surface area contributed by atoms with Crippen molar-refractivity contribution in [3.05, 3.63) is 59.2 Å². The Morgan fingerprint density at radius 2 is 1.77 bits per heavy atom. The third kappa shape index (κ3) is 9.20. The molecule has 0 saturated carbocycles. The summed E-state index contributed by atoms with van der Waals surface area (Å²) in [6, 6.07) is 11.2. The summed E-state index contributed by atoms with van der Waals surface area (Å²) in [6.45, 7) is 8.09. The number of nitrogens with two attached hydrogens (primary N) is 1. The fraction of sp³-hybridized carbons (Fsp3) is 0.462. The molecule has 0 radical (unpaired) electrons. The lowest BCUT2D eigenvalue weighted by Gasteiger charge is -2.28. The van der Waals surface area contributed by atoms with E-state index >= 15 is 0 Å². The molecule has 2 atom stereocenters. The average molecular weight is 487 g/mol. The van der Waals surface area contributed by atoms with E-state index in [1.807, 2.05) is 52.0 Å². The van der Waals surface area contributed by atoms with Crippen molar-refractivity contribution in [2.45, 2.75) is 58.2 Å². The number of aliphatic hydroxyl groups is 2. The predicted molar refractivity (Wildman–Crippen MR) is 136 cm³/mol. The number of benzene rings is 2. The zero-order valence-electron chi connectivity index (χ0n) is 20.8. The number of aromatic hydroxyl groups is 1. The minimum absolute atomic E-state index is 0.0950. The number of hydrogen-bond donors (Lipinski definition) is 7. The van der Waals surface area contributed by atoms with Gasteiger partial charge in [-0.25, -0.2) is 4.79 Å². The summed E-state index contributed by atoms with van der Waals surface area (Å²) in [5.41, 5.74) is 7.33. The van der Waals surface area contributed by atoms with Gasteiger partial charge in [-0.2, -0.15) is 0 Å². The van der Waals surface area contributed by atoms with Crippen LogP contribution in [0.25, 0.3) is 0 Å². The van der Waals surface area contributed by atoms with Gasteiger partial charge in [0.1, 0.15) is 5.75 Å². The minimum Gasteiger partial charge on any atom is -0.506 e. The number of phenolic OH excluding ortho intramolecular Hbond substituents is 1. The van der Waals surface area contributed by atoms with Gasteiger partial charge in [0.25, 0.3) is 0 Å². The van der Waals surface area contributed by atoms with E-state index in [4.69, 9.17) is 5.73 Å². The molecule has 0 fully saturated rings. The maximum Gasteiger partial charge on any atom is 0.316 e. The molecule has 0 aromatic heterocycles. The van der Waals surface area contributed by atoms with Crippen LogP contribution in [0.15, 0.2) is 42.5 Å². The summed E-state index contributed by atoms with van der Waals surface area (Å²) in [5.74, 6) is -0.128. The van der Waals surface area contributed by atoms with E-state index in [9.17, 15) is 24.9 Å². The first-order valence-electron chi connectivity index (χ1n) is 11.7. The molecule has 9 nitrogen and oxygen atoms in total. The number of primary amides is 1. The van der Waals surface area contributed by atoms with E-state index < -0.39 is 12.1 Å². The third-order valence-electron chi connectivity index (χ3n) is 5.79. The molecule has 0 saturated heterocycles. The number of aliphatic hydroxyl groups excluding tert-OH is 2. The molecule has 0 aliphatic rings. The molecule has 2 aromatic rings. The van der Waals surface area contributed by atoms with Crippen molar-refractivity contribution < 1.29 is 24.9 Å². The Balaban J connectivity index is 1.97. The SMILES string of the molecule is CC(C)[C@@H](CO)NC(=O)Cc1cccc(CC(C)(C)NC[C@H](O)c2ccc(O)c(NC(N)=O)c2)c1. The monoisotopic (exact) mass is 486 g/mol. The van der Waals surface area contributed by atoms with Crippen molar-refractivity contribution in [3.63, 3.8) is 0 Å². The first-order chi connectivity index (χ1) is 16.4. The molecule has 2 aromatic carbocycles. The highest BCUT2D eigenvalue weighted by atomic mass is 16.3. The molecular weight excluding hydrogens is 448 g/mol. The van der Waals surface area contributed by atoms with Crippen LogP contribution < -0.4 is 21.7 Å². The van der Waals surface area contributed by atoms with Crippen LogP contribution in [0.1, 0.15) is 50.5 Å². The highest BCUT2D eigenvalue weighted by Gasteiger charge is 2.21. The van der Waals surface area contributed by atoms with Gasteiger partial charge in [0.2, 0.25) is 5.91 Å². The Labute approximate surface area is 206 Å². The van der Waals surface area contributed by atoms with Gasteiger partial charge in [-0.05, 0) is 55.0 Å². The number of carbonyl (C=O) groups is 2. The zero-order valence-corrected chi connectivity index (χ0v) is 20.8. The van der Waals surface area contributed by atoms with Crippen molar-refractivity contribution in [2.24, 2.45) is 11.7 Å². The van der Waals surface area contributed by atoms with Crippen molar-refractivity contribution >= 4 is 17.6 Å². The minimum atomic E-state index is -0.876. The van der Waals surface area contributed by atoms with E-state index in [1.54, 1.807) is 6.07 Å². The van der Waals surface area contributed by atoms with Gasteiger partial charge in [0, 0.05) is 12.1 Å². The predicted octanol–water partition coefficient (Wildman–Crippen LogP) is 2.20. The Bertz CT molecular complexity index is 1010. The lowest BCUT2D eigenvalue weighted by molar-refractivity contribution is -0.121. The molecule has 2 rings (SSSR count). The van der Waals surface area contributed by atoms with Crippen LogP contribution in [0.4, 0.5) is 10.5 Å². The van der Waals surface area contributed by atoms with Crippen molar-refractivity contribution in [1.29, 1.82) is 0 Å². The lowest BCUT2D eigenvalue weighted by Crippen LogP contribution is -2.43. The number of anilines is 1. The summed E-state index contributed by atoms with van der Waals surface area (Å²) in [4.78, 5) is 23.5. The van der Waals surface area contributed by atoms with E-state index in [2.05, 4.69) is 16.0 Å². The second-order valence-electron chi connectivity index (χ2n) is 9.82. The Morgan fingerprint density at radius 1 is 1.09 bits per heavy atom. The smallest absolute Gasteiger partial charge is 0.316 e. The Kier molecular flexibility index (Phi) is 10.1. The Morgan fingerprint density at radius 3 is 2.40 bits per heavy atom. The highest BCUT2D eigenvalue weighted by Crippen LogP contribution is 2.27. The maximum atomic E-state index is 12.4. The summed E-state index contributed by atoms with van der Waals surface area (Å²) < 4.78 is 0. The molecule has 8 N–H and O–H groups in total. The van der Waals surface area contributed by atoms with Gasteiger partial charge < -0.3 is 37.0 Å². The largest absolute Gasteiger partial charge is 0.506 e. The topological polar surface area (TPSA) is 157 Å². The number of hydrogen-bond acceptors (Lipinski definition) is 6.